The van der Waals surface area contributed by atoms with E-state index >= 15 is 0 Å². The van der Waals surface area contributed by atoms with E-state index in [-0.39, 0.29) is 12.5 Å². The summed E-state index contributed by atoms with van der Waals surface area (Å²) in [7, 11) is 4.46. The predicted octanol–water partition coefficient (Wildman–Crippen LogP) is 2.25. The molecule has 0 aromatic heterocycles. The summed E-state index contributed by atoms with van der Waals surface area (Å²) in [6, 6.07) is 10.6. The fourth-order valence-electron chi connectivity index (χ4n) is 2.58. The average Bonchev–Trinajstić information content (AvgIpc) is 2.72. The zero-order valence-corrected chi connectivity index (χ0v) is 16.9. The van der Waals surface area contributed by atoms with Gasteiger partial charge in [-0.2, -0.15) is 0 Å². The Kier molecular flexibility index (Phi) is 8.38. The Morgan fingerprint density at radius 3 is 2.18 bits per heavy atom. The van der Waals surface area contributed by atoms with E-state index in [9.17, 15) is 9.90 Å². The second-order valence-corrected chi connectivity index (χ2v) is 6.47. The second kappa shape index (κ2) is 10.8. The van der Waals surface area contributed by atoms with Crippen LogP contribution in [0.2, 0.25) is 5.02 Å². The van der Waals surface area contributed by atoms with Crippen LogP contribution in [0.25, 0.3) is 0 Å². The third-order valence-electron chi connectivity index (χ3n) is 4.05. The summed E-state index contributed by atoms with van der Waals surface area (Å²) in [5.41, 5.74) is 1.40. The molecule has 0 aliphatic heterocycles. The van der Waals surface area contributed by atoms with Crippen molar-refractivity contribution in [3.63, 3.8) is 0 Å². The molecule has 0 aliphatic rings. The topological polar surface area (TPSA) is 89.1 Å². The van der Waals surface area contributed by atoms with Gasteiger partial charge in [0, 0.05) is 30.2 Å². The van der Waals surface area contributed by atoms with Gasteiger partial charge >= 0.3 is 0 Å². The number of methoxy groups -OCH3 is 3. The molecule has 3 N–H and O–H groups in total. The van der Waals surface area contributed by atoms with Crippen LogP contribution >= 0.6 is 11.6 Å². The van der Waals surface area contributed by atoms with Crippen molar-refractivity contribution in [3.8, 4) is 17.2 Å². The molecule has 1 unspecified atom stereocenters. The Morgan fingerprint density at radius 1 is 1.04 bits per heavy atom. The number of aliphatic hydroxyl groups is 1. The summed E-state index contributed by atoms with van der Waals surface area (Å²) in [6.07, 6.45) is -0.738. The highest BCUT2D eigenvalue weighted by molar-refractivity contribution is 6.30. The van der Waals surface area contributed by atoms with Crippen molar-refractivity contribution in [2.75, 3.05) is 34.4 Å². The van der Waals surface area contributed by atoms with Crippen molar-refractivity contribution in [1.82, 2.24) is 10.6 Å². The number of benzene rings is 2. The number of carbonyl (C=O) groups is 1. The van der Waals surface area contributed by atoms with Gasteiger partial charge in [-0.3, -0.25) is 4.79 Å². The van der Waals surface area contributed by atoms with E-state index in [2.05, 4.69) is 10.6 Å². The SMILES string of the molecule is COc1cc(C(=O)NCC(O)CNCc2ccc(Cl)cc2)cc(OC)c1OC. The van der Waals surface area contributed by atoms with E-state index in [4.69, 9.17) is 25.8 Å². The lowest BCUT2D eigenvalue weighted by Crippen LogP contribution is -2.38. The minimum atomic E-state index is -0.738. The molecule has 0 saturated heterocycles. The van der Waals surface area contributed by atoms with Gasteiger partial charge < -0.3 is 30.0 Å². The van der Waals surface area contributed by atoms with Gasteiger partial charge in [0.1, 0.15) is 0 Å². The third-order valence-corrected chi connectivity index (χ3v) is 4.30. The lowest BCUT2D eigenvalue weighted by Gasteiger charge is -2.15. The molecule has 1 atom stereocenters. The zero-order valence-electron chi connectivity index (χ0n) is 16.1. The van der Waals surface area contributed by atoms with E-state index in [1.54, 1.807) is 12.1 Å². The fourth-order valence-corrected chi connectivity index (χ4v) is 2.71. The smallest absolute Gasteiger partial charge is 0.251 e. The lowest BCUT2D eigenvalue weighted by atomic mass is 10.1. The number of carbonyl (C=O) groups excluding carboxylic acids is 1. The molecule has 0 spiro atoms. The normalized spacial score (nSPS) is 11.6. The Balaban J connectivity index is 1.86. The summed E-state index contributed by atoms with van der Waals surface area (Å²) in [5, 5.41) is 16.6. The number of halogens is 1. The standard InChI is InChI=1S/C20H25ClN2O5/c1-26-17-8-14(9-18(27-2)19(17)28-3)20(25)23-12-16(24)11-22-10-13-4-6-15(21)7-5-13/h4-9,16,22,24H,10-12H2,1-3H3,(H,23,25). The second-order valence-electron chi connectivity index (χ2n) is 6.04. The van der Waals surface area contributed by atoms with E-state index in [1.165, 1.54) is 21.3 Å². The molecule has 7 nitrogen and oxygen atoms in total. The number of hydrogen-bond donors (Lipinski definition) is 3. The number of hydrogen-bond acceptors (Lipinski definition) is 6. The Hall–Kier alpha value is -2.48. The quantitative estimate of drug-likeness (QED) is 0.558. The van der Waals surface area contributed by atoms with Crippen LogP contribution in [0.15, 0.2) is 36.4 Å². The number of amides is 1. The molecule has 0 radical (unpaired) electrons. The number of ether oxygens (including phenoxy) is 3. The molecular formula is C20H25ClN2O5. The maximum Gasteiger partial charge on any atom is 0.251 e. The zero-order chi connectivity index (χ0) is 20.5. The molecule has 28 heavy (non-hydrogen) atoms. The Bertz CT molecular complexity index is 758. The first-order valence-corrected chi connectivity index (χ1v) is 9.07. The van der Waals surface area contributed by atoms with E-state index in [1.807, 2.05) is 24.3 Å². The molecule has 0 heterocycles. The molecule has 0 saturated carbocycles. The highest BCUT2D eigenvalue weighted by atomic mass is 35.5. The molecule has 2 aromatic carbocycles. The van der Waals surface area contributed by atoms with Gasteiger partial charge in [0.2, 0.25) is 5.75 Å². The van der Waals surface area contributed by atoms with Gasteiger partial charge in [-0.1, -0.05) is 23.7 Å². The summed E-state index contributed by atoms with van der Waals surface area (Å²) < 4.78 is 15.7. The summed E-state index contributed by atoms with van der Waals surface area (Å²) >= 11 is 5.85. The monoisotopic (exact) mass is 408 g/mol. The molecule has 2 rings (SSSR count). The molecular weight excluding hydrogens is 384 g/mol. The molecule has 152 valence electrons. The van der Waals surface area contributed by atoms with Crippen molar-refractivity contribution in [3.05, 3.63) is 52.5 Å². The van der Waals surface area contributed by atoms with Crippen LogP contribution in [0.4, 0.5) is 0 Å². The predicted molar refractivity (Wildman–Crippen MR) is 108 cm³/mol. The summed E-state index contributed by atoms with van der Waals surface area (Å²) in [4.78, 5) is 12.4. The third kappa shape index (κ3) is 6.02. The van der Waals surface area contributed by atoms with E-state index in [0.717, 1.165) is 5.56 Å². The van der Waals surface area contributed by atoms with Crippen LogP contribution in [-0.2, 0) is 6.54 Å². The van der Waals surface area contributed by atoms with Gasteiger partial charge in [-0.15, -0.1) is 0 Å². The van der Waals surface area contributed by atoms with Crippen LogP contribution in [0.5, 0.6) is 17.2 Å². The summed E-state index contributed by atoms with van der Waals surface area (Å²) in [6.45, 7) is 1.02. The number of aliphatic hydroxyl groups excluding tert-OH is 1. The van der Waals surface area contributed by atoms with Crippen LogP contribution in [0.1, 0.15) is 15.9 Å². The van der Waals surface area contributed by atoms with Crippen molar-refractivity contribution < 1.29 is 24.1 Å². The van der Waals surface area contributed by atoms with E-state index < -0.39 is 6.10 Å². The molecule has 8 heteroatoms. The first kappa shape index (κ1) is 21.8. The minimum absolute atomic E-state index is 0.100. The van der Waals surface area contributed by atoms with Crippen LogP contribution in [-0.4, -0.2) is 51.5 Å². The van der Waals surface area contributed by atoms with Crippen molar-refractivity contribution in [1.29, 1.82) is 0 Å². The molecule has 0 fully saturated rings. The summed E-state index contributed by atoms with van der Waals surface area (Å²) in [5.74, 6) is 0.832. The number of nitrogens with one attached hydrogen (secondary N) is 2. The molecule has 2 aromatic rings. The van der Waals surface area contributed by atoms with Crippen molar-refractivity contribution in [2.45, 2.75) is 12.6 Å². The highest BCUT2D eigenvalue weighted by Gasteiger charge is 2.17. The van der Waals surface area contributed by atoms with Gasteiger partial charge in [0.15, 0.2) is 11.5 Å². The first-order valence-electron chi connectivity index (χ1n) is 8.70. The average molecular weight is 409 g/mol. The Morgan fingerprint density at radius 2 is 1.64 bits per heavy atom. The molecule has 0 bridgehead atoms. The maximum absolute atomic E-state index is 12.4. The van der Waals surface area contributed by atoms with Gasteiger partial charge in [-0.05, 0) is 29.8 Å². The lowest BCUT2D eigenvalue weighted by molar-refractivity contribution is 0.0914. The Labute approximate surface area is 169 Å². The van der Waals surface area contributed by atoms with Crippen LogP contribution in [0.3, 0.4) is 0 Å². The van der Waals surface area contributed by atoms with E-state index in [0.29, 0.717) is 40.9 Å². The van der Waals surface area contributed by atoms with Crippen LogP contribution in [0, 0.1) is 0 Å². The largest absolute Gasteiger partial charge is 0.493 e. The van der Waals surface area contributed by atoms with Gasteiger partial charge in [0.05, 0.1) is 27.4 Å². The molecule has 1 amide bonds. The minimum Gasteiger partial charge on any atom is -0.493 e. The van der Waals surface area contributed by atoms with Crippen LogP contribution < -0.4 is 24.8 Å². The van der Waals surface area contributed by atoms with Gasteiger partial charge in [0.25, 0.3) is 5.91 Å². The van der Waals surface area contributed by atoms with Crippen molar-refractivity contribution in [2.24, 2.45) is 0 Å². The number of rotatable bonds is 10. The van der Waals surface area contributed by atoms with Gasteiger partial charge in [-0.25, -0.2) is 0 Å². The maximum atomic E-state index is 12.4. The highest BCUT2D eigenvalue weighted by Crippen LogP contribution is 2.38. The van der Waals surface area contributed by atoms with Crippen molar-refractivity contribution >= 4 is 17.5 Å². The first-order chi connectivity index (χ1) is 13.5. The fraction of sp³-hybridized carbons (Fsp3) is 0.350. The molecule has 0 aliphatic carbocycles.